The predicted molar refractivity (Wildman–Crippen MR) is 70.8 cm³/mol. The molecule has 0 atom stereocenters. The maximum absolute atomic E-state index is 11.3. The van der Waals surface area contributed by atoms with Crippen molar-refractivity contribution < 1.29 is 9.53 Å². The van der Waals surface area contributed by atoms with E-state index in [2.05, 4.69) is 20.5 Å². The van der Waals surface area contributed by atoms with Gasteiger partial charge in [0, 0.05) is 12.4 Å². The minimum absolute atomic E-state index is 0.204. The summed E-state index contributed by atoms with van der Waals surface area (Å²) in [4.78, 5) is 15.6. The molecule has 8 heteroatoms. The molecule has 0 aliphatic carbocycles. The molecule has 2 heterocycles. The number of hydrogen-bond donors (Lipinski definition) is 1. The molecule has 0 spiro atoms. The molecule has 0 radical (unpaired) electrons. The molecule has 0 saturated carbocycles. The van der Waals surface area contributed by atoms with Crippen molar-refractivity contribution in [2.75, 3.05) is 11.9 Å². The van der Waals surface area contributed by atoms with Crippen LogP contribution in [0, 0.1) is 0 Å². The normalized spacial score (nSPS) is 10.4. The van der Waals surface area contributed by atoms with Gasteiger partial charge in [-0.3, -0.25) is 4.79 Å². The van der Waals surface area contributed by atoms with Crippen molar-refractivity contribution >= 4 is 22.4 Å². The second-order valence-electron chi connectivity index (χ2n) is 3.84. The Morgan fingerprint density at radius 2 is 2.42 bits per heavy atom. The molecule has 0 amide bonds. The number of carbonyl (C=O) groups excluding carboxylic acids is 1. The van der Waals surface area contributed by atoms with Gasteiger partial charge >= 0.3 is 5.97 Å². The molecule has 2 aromatic heterocycles. The number of ether oxygens (including phenoxy) is 1. The summed E-state index contributed by atoms with van der Waals surface area (Å²) in [6, 6.07) is 0. The van der Waals surface area contributed by atoms with Crippen molar-refractivity contribution in [2.45, 2.75) is 19.9 Å². The number of aryl methyl sites for hydroxylation is 1. The Hall–Kier alpha value is -1.96. The molecular formula is C11H15N5O2S. The van der Waals surface area contributed by atoms with Gasteiger partial charge in [-0.15, -0.1) is 21.5 Å². The summed E-state index contributed by atoms with van der Waals surface area (Å²) >= 11 is 1.45. The summed E-state index contributed by atoms with van der Waals surface area (Å²) in [5, 5.41) is 13.5. The monoisotopic (exact) mass is 281 g/mol. The van der Waals surface area contributed by atoms with E-state index in [9.17, 15) is 4.79 Å². The third kappa shape index (κ3) is 3.75. The van der Waals surface area contributed by atoms with Gasteiger partial charge in [0.25, 0.3) is 0 Å². The molecule has 0 fully saturated rings. The first-order chi connectivity index (χ1) is 9.19. The van der Waals surface area contributed by atoms with Crippen LogP contribution in [0.4, 0.5) is 5.13 Å². The van der Waals surface area contributed by atoms with E-state index >= 15 is 0 Å². The summed E-state index contributed by atoms with van der Waals surface area (Å²) in [6.07, 6.45) is 1.85. The first-order valence-electron chi connectivity index (χ1n) is 5.85. The Kier molecular flexibility index (Phi) is 4.45. The third-order valence-electron chi connectivity index (χ3n) is 2.39. The molecule has 2 rings (SSSR count). The fourth-order valence-corrected chi connectivity index (χ4v) is 2.16. The number of thiazole rings is 1. The van der Waals surface area contributed by atoms with Crippen LogP contribution in [0.2, 0.25) is 0 Å². The van der Waals surface area contributed by atoms with Gasteiger partial charge in [-0.25, -0.2) is 4.98 Å². The van der Waals surface area contributed by atoms with Crippen LogP contribution in [0.1, 0.15) is 18.4 Å². The van der Waals surface area contributed by atoms with Crippen LogP contribution in [-0.4, -0.2) is 32.3 Å². The fourth-order valence-electron chi connectivity index (χ4n) is 1.45. The molecule has 1 N–H and O–H groups in total. The Morgan fingerprint density at radius 3 is 3.11 bits per heavy atom. The number of rotatable bonds is 6. The fraction of sp³-hybridized carbons (Fsp3) is 0.455. The lowest BCUT2D eigenvalue weighted by atomic mass is 10.3. The zero-order valence-electron chi connectivity index (χ0n) is 10.8. The van der Waals surface area contributed by atoms with Crippen molar-refractivity contribution in [1.29, 1.82) is 0 Å². The first kappa shape index (κ1) is 13.5. The maximum Gasteiger partial charge on any atom is 0.311 e. The van der Waals surface area contributed by atoms with E-state index in [-0.39, 0.29) is 12.4 Å². The van der Waals surface area contributed by atoms with E-state index in [4.69, 9.17) is 4.74 Å². The molecule has 102 valence electrons. The van der Waals surface area contributed by atoms with E-state index in [1.807, 2.05) is 17.0 Å². The quantitative estimate of drug-likeness (QED) is 0.795. The standard InChI is InChI=1S/C11H15N5O2S/c1-3-18-10(17)4-8-6-19-11(14-8)12-5-9-15-13-7-16(9)2/h6-7H,3-5H2,1-2H3,(H,12,14). The van der Waals surface area contributed by atoms with Crippen LogP contribution in [0.25, 0.3) is 0 Å². The van der Waals surface area contributed by atoms with Gasteiger partial charge in [0.05, 0.1) is 25.3 Å². The number of nitrogens with zero attached hydrogens (tertiary/aromatic N) is 4. The molecule has 19 heavy (non-hydrogen) atoms. The van der Waals surface area contributed by atoms with Gasteiger partial charge in [-0.2, -0.15) is 0 Å². The van der Waals surface area contributed by atoms with Gasteiger partial charge in [0.1, 0.15) is 6.33 Å². The van der Waals surface area contributed by atoms with Crippen LogP contribution < -0.4 is 5.32 Å². The molecule has 0 saturated heterocycles. The second-order valence-corrected chi connectivity index (χ2v) is 4.70. The summed E-state index contributed by atoms with van der Waals surface area (Å²) in [5.74, 6) is 0.565. The van der Waals surface area contributed by atoms with Crippen molar-refractivity contribution in [3.8, 4) is 0 Å². The van der Waals surface area contributed by atoms with Crippen LogP contribution in [0.15, 0.2) is 11.7 Å². The number of anilines is 1. The van der Waals surface area contributed by atoms with E-state index in [1.165, 1.54) is 11.3 Å². The number of aromatic nitrogens is 4. The lowest BCUT2D eigenvalue weighted by Gasteiger charge is -2.01. The molecule has 0 unspecified atom stereocenters. The molecule has 2 aromatic rings. The summed E-state index contributed by atoms with van der Waals surface area (Å²) < 4.78 is 6.71. The topological polar surface area (TPSA) is 81.9 Å². The third-order valence-corrected chi connectivity index (χ3v) is 3.23. The summed E-state index contributed by atoms with van der Waals surface area (Å²) in [5.41, 5.74) is 0.712. The van der Waals surface area contributed by atoms with Gasteiger partial charge in [-0.05, 0) is 6.92 Å². The Bertz CT molecular complexity index is 551. The molecule has 0 aromatic carbocycles. The lowest BCUT2D eigenvalue weighted by molar-refractivity contribution is -0.142. The van der Waals surface area contributed by atoms with Crippen molar-refractivity contribution in [2.24, 2.45) is 7.05 Å². The number of hydrogen-bond acceptors (Lipinski definition) is 7. The smallest absolute Gasteiger partial charge is 0.311 e. The van der Waals surface area contributed by atoms with Crippen LogP contribution >= 0.6 is 11.3 Å². The first-order valence-corrected chi connectivity index (χ1v) is 6.73. The highest BCUT2D eigenvalue weighted by atomic mass is 32.1. The Labute approximate surface area is 114 Å². The van der Waals surface area contributed by atoms with Gasteiger partial charge in [0.15, 0.2) is 11.0 Å². The molecule has 0 aliphatic rings. The zero-order valence-corrected chi connectivity index (χ0v) is 11.6. The van der Waals surface area contributed by atoms with Crippen molar-refractivity contribution in [3.63, 3.8) is 0 Å². The summed E-state index contributed by atoms with van der Waals surface area (Å²) in [7, 11) is 1.88. The zero-order chi connectivity index (χ0) is 13.7. The molecule has 0 bridgehead atoms. The Balaban J connectivity index is 1.87. The highest BCUT2D eigenvalue weighted by Crippen LogP contribution is 2.16. The van der Waals surface area contributed by atoms with E-state index in [0.29, 0.717) is 18.8 Å². The molecular weight excluding hydrogens is 266 g/mol. The average molecular weight is 281 g/mol. The lowest BCUT2D eigenvalue weighted by Crippen LogP contribution is -2.08. The van der Waals surface area contributed by atoms with E-state index in [1.54, 1.807) is 13.3 Å². The van der Waals surface area contributed by atoms with Gasteiger partial charge in [0.2, 0.25) is 0 Å². The maximum atomic E-state index is 11.3. The van der Waals surface area contributed by atoms with E-state index < -0.39 is 0 Å². The van der Waals surface area contributed by atoms with Gasteiger partial charge < -0.3 is 14.6 Å². The number of esters is 1. The van der Waals surface area contributed by atoms with Gasteiger partial charge in [-0.1, -0.05) is 0 Å². The Morgan fingerprint density at radius 1 is 1.58 bits per heavy atom. The molecule has 7 nitrogen and oxygen atoms in total. The largest absolute Gasteiger partial charge is 0.466 e. The number of carbonyl (C=O) groups is 1. The highest BCUT2D eigenvalue weighted by molar-refractivity contribution is 7.13. The second kappa shape index (κ2) is 6.28. The van der Waals surface area contributed by atoms with Crippen LogP contribution in [-0.2, 0) is 29.5 Å². The van der Waals surface area contributed by atoms with Crippen molar-refractivity contribution in [1.82, 2.24) is 19.7 Å². The minimum atomic E-state index is -0.257. The average Bonchev–Trinajstić information content (AvgIpc) is 2.96. The molecule has 0 aliphatic heterocycles. The SMILES string of the molecule is CCOC(=O)Cc1csc(NCc2nncn2C)n1. The van der Waals surface area contributed by atoms with Crippen LogP contribution in [0.5, 0.6) is 0 Å². The van der Waals surface area contributed by atoms with E-state index in [0.717, 1.165) is 11.0 Å². The predicted octanol–water partition coefficient (Wildman–Crippen LogP) is 0.989. The van der Waals surface area contributed by atoms with Crippen LogP contribution in [0.3, 0.4) is 0 Å². The summed E-state index contributed by atoms with van der Waals surface area (Å²) in [6.45, 7) is 2.72. The van der Waals surface area contributed by atoms with Crippen molar-refractivity contribution in [3.05, 3.63) is 23.2 Å². The minimum Gasteiger partial charge on any atom is -0.466 e. The number of nitrogens with one attached hydrogen (secondary N) is 1. The highest BCUT2D eigenvalue weighted by Gasteiger charge is 2.08.